The molecule has 0 saturated carbocycles. The minimum atomic E-state index is -0.263. The Morgan fingerprint density at radius 2 is 1.90 bits per heavy atom. The van der Waals surface area contributed by atoms with Crippen LogP contribution in [0.1, 0.15) is 75.0 Å². The van der Waals surface area contributed by atoms with E-state index in [1.165, 1.54) is 12.0 Å². The summed E-state index contributed by atoms with van der Waals surface area (Å²) < 4.78 is 1.91. The minimum absolute atomic E-state index is 0.0596. The predicted molar refractivity (Wildman–Crippen MR) is 119 cm³/mol. The van der Waals surface area contributed by atoms with Crippen molar-refractivity contribution < 1.29 is 0 Å². The summed E-state index contributed by atoms with van der Waals surface area (Å²) in [4.78, 5) is 18.9. The molecule has 1 atom stereocenters. The average Bonchev–Trinajstić information content (AvgIpc) is 3.23. The van der Waals surface area contributed by atoms with Crippen molar-refractivity contribution >= 4 is 10.9 Å². The molecule has 30 heavy (non-hydrogen) atoms. The van der Waals surface area contributed by atoms with Gasteiger partial charge >= 0.3 is 0 Å². The second-order valence-corrected chi connectivity index (χ2v) is 9.14. The van der Waals surface area contributed by atoms with Crippen LogP contribution in [0.15, 0.2) is 23.0 Å². The van der Waals surface area contributed by atoms with Crippen molar-refractivity contribution in [2.75, 3.05) is 13.1 Å². The van der Waals surface area contributed by atoms with E-state index in [2.05, 4.69) is 72.2 Å². The van der Waals surface area contributed by atoms with Crippen LogP contribution in [0.25, 0.3) is 10.9 Å². The number of likely N-dealkylation sites (tertiary alicyclic amines) is 1. The fourth-order valence-electron chi connectivity index (χ4n) is 4.37. The summed E-state index contributed by atoms with van der Waals surface area (Å²) >= 11 is 0. The Bertz CT molecular complexity index is 1110. The van der Waals surface area contributed by atoms with E-state index >= 15 is 0 Å². The molecule has 0 aliphatic carbocycles. The average molecular weight is 409 g/mol. The zero-order valence-corrected chi connectivity index (χ0v) is 18.7. The van der Waals surface area contributed by atoms with Crippen LogP contribution < -0.4 is 5.56 Å². The van der Waals surface area contributed by atoms with Crippen LogP contribution in [0.5, 0.6) is 0 Å². The fraction of sp³-hybridized carbons (Fsp3) is 0.565. The number of nitrogens with zero attached hydrogens (tertiary/aromatic N) is 5. The Balaban J connectivity index is 1.92. The largest absolute Gasteiger partial charge is 0.321 e. The van der Waals surface area contributed by atoms with E-state index < -0.39 is 0 Å². The monoisotopic (exact) mass is 408 g/mol. The van der Waals surface area contributed by atoms with Crippen molar-refractivity contribution in [3.05, 3.63) is 51.1 Å². The summed E-state index contributed by atoms with van der Waals surface area (Å²) in [6.07, 6.45) is 4.36. The third kappa shape index (κ3) is 3.55. The summed E-state index contributed by atoms with van der Waals surface area (Å²) in [6, 6.07) is 5.97. The van der Waals surface area contributed by atoms with Gasteiger partial charge in [-0.15, -0.1) is 5.10 Å². The summed E-state index contributed by atoms with van der Waals surface area (Å²) in [5.74, 6) is 0.748. The maximum Gasteiger partial charge on any atom is 0.253 e. The molecule has 0 amide bonds. The fourth-order valence-corrected chi connectivity index (χ4v) is 4.37. The molecule has 7 heteroatoms. The van der Waals surface area contributed by atoms with Gasteiger partial charge in [-0.05, 0) is 93.1 Å². The van der Waals surface area contributed by atoms with Gasteiger partial charge in [-0.25, -0.2) is 4.68 Å². The number of H-pyrrole nitrogens is 1. The second kappa shape index (κ2) is 7.95. The van der Waals surface area contributed by atoms with Gasteiger partial charge in [0.25, 0.3) is 5.56 Å². The molecule has 7 nitrogen and oxygen atoms in total. The SMILES string of the molecule is CCC(C)(C)n1nnnc1[C@H](c1cc2ccc(C)c(C)c2[nH]c1=O)N1CCCCC1. The van der Waals surface area contributed by atoms with Crippen molar-refractivity contribution in [1.82, 2.24) is 30.1 Å². The Morgan fingerprint density at radius 1 is 1.17 bits per heavy atom. The van der Waals surface area contributed by atoms with Crippen molar-refractivity contribution in [2.24, 2.45) is 0 Å². The van der Waals surface area contributed by atoms with Gasteiger partial charge in [0.2, 0.25) is 0 Å². The molecule has 1 N–H and O–H groups in total. The number of aryl methyl sites for hydroxylation is 2. The standard InChI is InChI=1S/C23H32N6O/c1-6-23(4,5)29-21(25-26-27-29)20(28-12-8-7-9-13-28)18-14-17-11-10-15(2)16(3)19(17)24-22(18)30/h10-11,14,20H,6-9,12-13H2,1-5H3,(H,24,30)/t20-/m0/s1. The normalized spacial score (nSPS) is 16.8. The third-order valence-electron chi connectivity index (χ3n) is 6.81. The van der Waals surface area contributed by atoms with E-state index in [9.17, 15) is 4.79 Å². The Labute approximate surface area is 177 Å². The third-order valence-corrected chi connectivity index (χ3v) is 6.81. The Morgan fingerprint density at radius 3 is 2.60 bits per heavy atom. The molecule has 1 aliphatic rings. The van der Waals surface area contributed by atoms with Gasteiger partial charge in [0.05, 0.1) is 11.1 Å². The van der Waals surface area contributed by atoms with Crippen molar-refractivity contribution in [1.29, 1.82) is 0 Å². The lowest BCUT2D eigenvalue weighted by Crippen LogP contribution is -2.40. The Hall–Kier alpha value is -2.54. The summed E-state index contributed by atoms with van der Waals surface area (Å²) in [6.45, 7) is 12.4. The van der Waals surface area contributed by atoms with E-state index in [-0.39, 0.29) is 17.1 Å². The zero-order chi connectivity index (χ0) is 21.5. The van der Waals surface area contributed by atoms with Crippen LogP contribution >= 0.6 is 0 Å². The number of benzene rings is 1. The van der Waals surface area contributed by atoms with Crippen LogP contribution in [0, 0.1) is 13.8 Å². The summed E-state index contributed by atoms with van der Waals surface area (Å²) in [5.41, 5.74) is 3.63. The first-order valence-electron chi connectivity index (χ1n) is 11.0. The Kier molecular flexibility index (Phi) is 5.49. The number of hydrogen-bond acceptors (Lipinski definition) is 5. The first kappa shape index (κ1) is 20.7. The number of rotatable bonds is 5. The van der Waals surface area contributed by atoms with E-state index in [0.29, 0.717) is 0 Å². The molecular weight excluding hydrogens is 376 g/mol. The van der Waals surface area contributed by atoms with Gasteiger partial charge in [-0.3, -0.25) is 9.69 Å². The number of pyridine rings is 1. The maximum absolute atomic E-state index is 13.3. The van der Waals surface area contributed by atoms with Gasteiger partial charge < -0.3 is 4.98 Å². The minimum Gasteiger partial charge on any atom is -0.321 e. The highest BCUT2D eigenvalue weighted by molar-refractivity contribution is 5.83. The number of fused-ring (bicyclic) bond motifs is 1. The molecule has 1 saturated heterocycles. The molecule has 1 aliphatic heterocycles. The molecule has 4 rings (SSSR count). The molecule has 160 valence electrons. The highest BCUT2D eigenvalue weighted by Gasteiger charge is 2.34. The lowest BCUT2D eigenvalue weighted by atomic mass is 9.97. The molecular formula is C23H32N6O. The lowest BCUT2D eigenvalue weighted by Gasteiger charge is -2.35. The van der Waals surface area contributed by atoms with Crippen LogP contribution in [0.4, 0.5) is 0 Å². The summed E-state index contributed by atoms with van der Waals surface area (Å²) in [7, 11) is 0. The molecule has 3 aromatic rings. The van der Waals surface area contributed by atoms with Crippen LogP contribution in [-0.2, 0) is 5.54 Å². The van der Waals surface area contributed by atoms with E-state index in [0.717, 1.165) is 60.2 Å². The number of tetrazole rings is 1. The quantitative estimate of drug-likeness (QED) is 0.694. The molecule has 2 aromatic heterocycles. The molecule has 0 unspecified atom stereocenters. The van der Waals surface area contributed by atoms with E-state index in [4.69, 9.17) is 0 Å². The van der Waals surface area contributed by atoms with Crippen molar-refractivity contribution in [2.45, 2.75) is 71.9 Å². The summed E-state index contributed by atoms with van der Waals surface area (Å²) in [5, 5.41) is 13.8. The molecule has 0 bridgehead atoms. The van der Waals surface area contributed by atoms with Crippen molar-refractivity contribution in [3.63, 3.8) is 0 Å². The predicted octanol–water partition coefficient (Wildman–Crippen LogP) is 3.85. The first-order chi connectivity index (χ1) is 14.3. The van der Waals surface area contributed by atoms with Gasteiger partial charge in [0.15, 0.2) is 5.82 Å². The number of hydrogen-bond donors (Lipinski definition) is 1. The van der Waals surface area contributed by atoms with E-state index in [1.807, 2.05) is 10.7 Å². The molecule has 0 radical (unpaired) electrons. The van der Waals surface area contributed by atoms with Gasteiger partial charge in [0, 0.05) is 5.56 Å². The zero-order valence-electron chi connectivity index (χ0n) is 18.7. The first-order valence-corrected chi connectivity index (χ1v) is 11.0. The van der Waals surface area contributed by atoms with Gasteiger partial charge in [-0.1, -0.05) is 25.5 Å². The lowest BCUT2D eigenvalue weighted by molar-refractivity contribution is 0.167. The molecule has 1 fully saturated rings. The van der Waals surface area contributed by atoms with Crippen LogP contribution in [0.2, 0.25) is 0 Å². The second-order valence-electron chi connectivity index (χ2n) is 9.14. The number of aromatic amines is 1. The van der Waals surface area contributed by atoms with Crippen LogP contribution in [-0.4, -0.2) is 43.2 Å². The molecule has 3 heterocycles. The van der Waals surface area contributed by atoms with E-state index in [1.54, 1.807) is 0 Å². The highest BCUT2D eigenvalue weighted by Crippen LogP contribution is 2.32. The van der Waals surface area contributed by atoms with Gasteiger partial charge in [-0.2, -0.15) is 0 Å². The van der Waals surface area contributed by atoms with Gasteiger partial charge in [0.1, 0.15) is 6.04 Å². The smallest absolute Gasteiger partial charge is 0.253 e. The topological polar surface area (TPSA) is 79.7 Å². The number of piperidine rings is 1. The molecule has 0 spiro atoms. The number of aromatic nitrogens is 5. The molecule has 1 aromatic carbocycles. The number of nitrogens with one attached hydrogen (secondary N) is 1. The highest BCUT2D eigenvalue weighted by atomic mass is 16.1. The maximum atomic E-state index is 13.3. The van der Waals surface area contributed by atoms with Crippen molar-refractivity contribution in [3.8, 4) is 0 Å². The van der Waals surface area contributed by atoms with Crippen LogP contribution in [0.3, 0.4) is 0 Å².